The van der Waals surface area contributed by atoms with Crippen molar-refractivity contribution in [2.24, 2.45) is 28.6 Å². The molecule has 3 heteroatoms. The molecule has 3 fully saturated rings. The van der Waals surface area contributed by atoms with E-state index in [0.29, 0.717) is 44.8 Å². The van der Waals surface area contributed by atoms with E-state index >= 15 is 0 Å². The second-order valence-corrected chi connectivity index (χ2v) is 13.7. The molecule has 0 N–H and O–H groups in total. The van der Waals surface area contributed by atoms with E-state index in [1.807, 2.05) is 13.0 Å². The zero-order chi connectivity index (χ0) is 21.1. The van der Waals surface area contributed by atoms with Crippen LogP contribution in [-0.2, 0) is 9.59 Å². The quantitative estimate of drug-likeness (QED) is 0.564. The number of rotatable bonds is 3. The van der Waals surface area contributed by atoms with Crippen molar-refractivity contribution in [1.82, 2.24) is 0 Å². The molecule has 0 amide bonds. The summed E-state index contributed by atoms with van der Waals surface area (Å²) < 4.78 is 1.75. The molecule has 6 atom stereocenters. The fourth-order valence-electron chi connectivity index (χ4n) is 8.09. The van der Waals surface area contributed by atoms with Crippen molar-refractivity contribution in [3.8, 4) is 0 Å². The van der Waals surface area contributed by atoms with Crippen LogP contribution in [0.4, 0.5) is 0 Å². The fourth-order valence-corrected chi connectivity index (χ4v) is 12.0. The van der Waals surface area contributed by atoms with Crippen LogP contribution < -0.4 is 4.46 Å². The number of Topliss-reactive ketones (excluding diaryl/α,β-unsaturated/α-hetero) is 1. The van der Waals surface area contributed by atoms with E-state index in [0.717, 1.165) is 19.3 Å². The number of allylic oxidation sites excluding steroid dienone is 1. The third-order valence-electron chi connectivity index (χ3n) is 9.64. The molecule has 30 heavy (non-hydrogen) atoms. The van der Waals surface area contributed by atoms with Gasteiger partial charge in [-0.15, -0.1) is 0 Å². The van der Waals surface area contributed by atoms with Gasteiger partial charge in [0.2, 0.25) is 0 Å². The molecule has 0 saturated heterocycles. The van der Waals surface area contributed by atoms with Crippen molar-refractivity contribution in [2.75, 3.05) is 0 Å². The standard InChI is InChI=1S/C27H34O2Se/c1-18(28)22-13-16-27(30-21-7-5-4-6-8-21)24-10-9-19-17-20(29)11-14-25(19,2)23(24)12-15-26(22,27)3/h4-8,17,22-24H,9-16H2,1-3H3/t22-,23+,24-,25+,26-,27-/m1/s1. The Morgan fingerprint density at radius 1 is 0.967 bits per heavy atom. The average molecular weight is 470 g/mol. The fraction of sp³-hybridized carbons (Fsp3) is 0.630. The molecule has 1 aromatic carbocycles. The zero-order valence-corrected chi connectivity index (χ0v) is 20.3. The maximum absolute atomic E-state index is 12.7. The second kappa shape index (κ2) is 7.17. The minimum absolute atomic E-state index is 0.123. The Balaban J connectivity index is 1.61. The summed E-state index contributed by atoms with van der Waals surface area (Å²) >= 11 is 0.360. The average Bonchev–Trinajstić information content (AvgIpc) is 3.02. The van der Waals surface area contributed by atoms with Gasteiger partial charge in [0.1, 0.15) is 0 Å². The topological polar surface area (TPSA) is 34.1 Å². The summed E-state index contributed by atoms with van der Waals surface area (Å²) in [7, 11) is 0. The van der Waals surface area contributed by atoms with E-state index < -0.39 is 0 Å². The first-order valence-electron chi connectivity index (χ1n) is 11.8. The van der Waals surface area contributed by atoms with E-state index in [4.69, 9.17) is 0 Å². The molecule has 4 aliphatic rings. The Kier molecular flexibility index (Phi) is 4.95. The van der Waals surface area contributed by atoms with Gasteiger partial charge in [0.15, 0.2) is 0 Å². The van der Waals surface area contributed by atoms with Crippen molar-refractivity contribution in [2.45, 2.75) is 76.5 Å². The Morgan fingerprint density at radius 3 is 2.47 bits per heavy atom. The van der Waals surface area contributed by atoms with Gasteiger partial charge >= 0.3 is 188 Å². The van der Waals surface area contributed by atoms with E-state index in [9.17, 15) is 9.59 Å². The number of carbonyl (C=O) groups excluding carboxylic acids is 2. The third-order valence-corrected chi connectivity index (χ3v) is 13.5. The summed E-state index contributed by atoms with van der Waals surface area (Å²) in [5, 5.41) is 0. The summed E-state index contributed by atoms with van der Waals surface area (Å²) in [6, 6.07) is 11.1. The third kappa shape index (κ3) is 2.81. The molecule has 0 aliphatic heterocycles. The number of fused-ring (bicyclic) bond motifs is 5. The van der Waals surface area contributed by atoms with Crippen LogP contribution >= 0.6 is 0 Å². The molecule has 1 aromatic rings. The van der Waals surface area contributed by atoms with E-state index in [2.05, 4.69) is 44.2 Å². The summed E-state index contributed by atoms with van der Waals surface area (Å²) in [6.07, 6.45) is 10.7. The van der Waals surface area contributed by atoms with Gasteiger partial charge in [-0.3, -0.25) is 0 Å². The summed E-state index contributed by atoms with van der Waals surface area (Å²) in [4.78, 5) is 24.9. The SMILES string of the molecule is CC(=O)[C@H]1CC[C@@]2([Se]c3ccccc3)[C@@H]3CCC4=CC(=O)CC[C@]4(C)[C@H]3CC[C@]12C. The molecule has 0 spiro atoms. The van der Waals surface area contributed by atoms with E-state index in [1.165, 1.54) is 35.7 Å². The molecular formula is C27H34O2Se. The molecule has 0 heterocycles. The van der Waals surface area contributed by atoms with Gasteiger partial charge < -0.3 is 0 Å². The molecular weight excluding hydrogens is 435 g/mol. The summed E-state index contributed by atoms with van der Waals surface area (Å²) in [6.45, 7) is 6.78. The van der Waals surface area contributed by atoms with Crippen LogP contribution in [0.25, 0.3) is 0 Å². The number of carbonyl (C=O) groups is 2. The number of hydrogen-bond donors (Lipinski definition) is 0. The Morgan fingerprint density at radius 2 is 1.73 bits per heavy atom. The van der Waals surface area contributed by atoms with Crippen LogP contribution in [0.3, 0.4) is 0 Å². The van der Waals surface area contributed by atoms with E-state index in [-0.39, 0.29) is 21.1 Å². The Bertz CT molecular complexity index is 905. The van der Waals surface area contributed by atoms with Crippen molar-refractivity contribution in [1.29, 1.82) is 0 Å². The zero-order valence-electron chi connectivity index (χ0n) is 18.6. The molecule has 4 aliphatic carbocycles. The van der Waals surface area contributed by atoms with E-state index in [1.54, 1.807) is 0 Å². The molecule has 160 valence electrons. The van der Waals surface area contributed by atoms with Crippen molar-refractivity contribution in [3.05, 3.63) is 42.0 Å². The van der Waals surface area contributed by atoms with Crippen molar-refractivity contribution < 1.29 is 9.59 Å². The van der Waals surface area contributed by atoms with Gasteiger partial charge in [0.25, 0.3) is 0 Å². The molecule has 2 nitrogen and oxygen atoms in total. The minimum atomic E-state index is 0.123. The predicted molar refractivity (Wildman–Crippen MR) is 122 cm³/mol. The summed E-state index contributed by atoms with van der Waals surface area (Å²) in [5.41, 5.74) is 1.75. The van der Waals surface area contributed by atoms with Crippen LogP contribution in [0, 0.1) is 28.6 Å². The Hall–Kier alpha value is -1.18. The van der Waals surface area contributed by atoms with Gasteiger partial charge in [-0.05, 0) is 0 Å². The normalized spacial score (nSPS) is 42.7. The Labute approximate surface area is 187 Å². The van der Waals surface area contributed by atoms with Gasteiger partial charge in [-0.1, -0.05) is 0 Å². The molecule has 0 aromatic heterocycles. The molecule has 0 unspecified atom stereocenters. The maximum atomic E-state index is 12.7. The summed E-state index contributed by atoms with van der Waals surface area (Å²) in [5.74, 6) is 2.31. The first kappa shape index (κ1) is 20.7. The first-order chi connectivity index (χ1) is 14.3. The van der Waals surface area contributed by atoms with Crippen LogP contribution in [0.15, 0.2) is 42.0 Å². The van der Waals surface area contributed by atoms with Crippen LogP contribution in [0.1, 0.15) is 72.1 Å². The first-order valence-corrected chi connectivity index (χ1v) is 13.5. The monoisotopic (exact) mass is 470 g/mol. The molecule has 0 radical (unpaired) electrons. The second-order valence-electron chi connectivity index (χ2n) is 10.8. The number of benzene rings is 1. The van der Waals surface area contributed by atoms with Crippen molar-refractivity contribution >= 4 is 31.0 Å². The molecule has 5 rings (SSSR count). The number of ketones is 2. The van der Waals surface area contributed by atoms with Gasteiger partial charge in [0.05, 0.1) is 0 Å². The predicted octanol–water partition coefficient (Wildman–Crippen LogP) is 5.30. The van der Waals surface area contributed by atoms with Gasteiger partial charge in [-0.2, -0.15) is 0 Å². The number of hydrogen-bond acceptors (Lipinski definition) is 2. The van der Waals surface area contributed by atoms with Crippen LogP contribution in [0.2, 0.25) is 4.31 Å². The van der Waals surface area contributed by atoms with Crippen LogP contribution in [-0.4, -0.2) is 26.5 Å². The molecule has 3 saturated carbocycles. The van der Waals surface area contributed by atoms with Crippen LogP contribution in [0.5, 0.6) is 0 Å². The van der Waals surface area contributed by atoms with Gasteiger partial charge in [0, 0.05) is 0 Å². The molecule has 0 bridgehead atoms. The van der Waals surface area contributed by atoms with Gasteiger partial charge in [-0.25, -0.2) is 0 Å². The van der Waals surface area contributed by atoms with Crippen molar-refractivity contribution in [3.63, 3.8) is 0 Å².